The molecule has 2 aliphatic heterocycles. The van der Waals surface area contributed by atoms with Crippen LogP contribution in [0.25, 0.3) is 0 Å². The number of aliphatic hydroxyl groups excluding tert-OH is 11. The Bertz CT molecular complexity index is 1630. The molecule has 0 aromatic heterocycles. The molecule has 3 fully saturated rings. The summed E-state index contributed by atoms with van der Waals surface area (Å²) in [5.41, 5.74) is 0. The van der Waals surface area contributed by atoms with E-state index in [4.69, 9.17) is 37.5 Å². The smallest absolute Gasteiger partial charge is 0.462 e. The lowest BCUT2D eigenvalue weighted by Gasteiger charge is -2.49. The number of aliphatic hydroxyl groups is 11. The molecule has 3 aliphatic rings. The second-order valence-corrected chi connectivity index (χ2v) is 22.9. The minimum absolute atomic E-state index is 0.0339. The number of rotatable bonds is 43. The number of hydrogen-bond acceptors (Lipinski definition) is 22. The molecule has 2 heterocycles. The summed E-state index contributed by atoms with van der Waals surface area (Å²) in [6.07, 6.45) is -2.35. The summed E-state index contributed by atoms with van der Waals surface area (Å²) in [5, 5.41) is 117. The lowest BCUT2D eigenvalue weighted by molar-refractivity contribution is -0.360. The van der Waals surface area contributed by atoms with Crippen molar-refractivity contribution in [2.45, 2.75) is 298 Å². The minimum atomic E-state index is -5.63. The molecule has 0 bridgehead atoms. The van der Waals surface area contributed by atoms with Gasteiger partial charge < -0.3 is 89.5 Å². The van der Waals surface area contributed by atoms with Gasteiger partial charge in [-0.05, 0) is 38.5 Å². The van der Waals surface area contributed by atoms with Crippen LogP contribution in [0.5, 0.6) is 0 Å². The van der Waals surface area contributed by atoms with Crippen molar-refractivity contribution in [3.05, 3.63) is 12.2 Å². The predicted molar refractivity (Wildman–Crippen MR) is 287 cm³/mol. The summed E-state index contributed by atoms with van der Waals surface area (Å²) in [6, 6.07) is 0. The molecule has 23 nitrogen and oxygen atoms in total. The molecule has 0 aromatic carbocycles. The zero-order valence-corrected chi connectivity index (χ0v) is 47.8. The van der Waals surface area contributed by atoms with Gasteiger partial charge in [-0.15, -0.1) is 0 Å². The molecule has 2 saturated heterocycles. The largest absolute Gasteiger partial charge is 0.472 e. The molecule has 0 amide bonds. The predicted octanol–water partition coefficient (Wildman–Crippen LogP) is 3.93. The molecule has 16 atom stereocenters. The maximum Gasteiger partial charge on any atom is 0.472 e. The highest BCUT2D eigenvalue weighted by atomic mass is 31.2. The fraction of sp³-hybridized carbons (Fsp3) is 0.927. The third-order valence-corrected chi connectivity index (χ3v) is 15.8. The van der Waals surface area contributed by atoms with E-state index in [9.17, 15) is 75.2 Å². The SMILES string of the molecule is CCCCCCC=CCCCCCCCCCC(=O)OC(COC(=O)CCCCCCCCCCCCCCC)COP(=O)(O)OC1C(OC2OC(CO)C(O)C(O)C2O)C(O)C(O)C(O)C1OC1OC(CO)C(O)C(O)C1O. The Kier molecular flexibility index (Phi) is 36.6. The first-order valence-electron chi connectivity index (χ1n) is 29.5. The van der Waals surface area contributed by atoms with Crippen molar-refractivity contribution in [3.63, 3.8) is 0 Å². The highest BCUT2D eigenvalue weighted by molar-refractivity contribution is 7.47. The third-order valence-electron chi connectivity index (χ3n) is 14.8. The van der Waals surface area contributed by atoms with E-state index in [-0.39, 0.29) is 12.8 Å². The van der Waals surface area contributed by atoms with Gasteiger partial charge in [0.25, 0.3) is 0 Å². The molecule has 1 aliphatic carbocycles. The van der Waals surface area contributed by atoms with Crippen LogP contribution in [-0.2, 0) is 51.6 Å². The first-order chi connectivity index (χ1) is 37.9. The Morgan fingerprint density at radius 3 is 1.25 bits per heavy atom. The van der Waals surface area contributed by atoms with E-state index in [0.717, 1.165) is 77.0 Å². The molecule has 24 heteroatoms. The molecular formula is C55H101O23P. The number of unbranched alkanes of at least 4 members (excludes halogenated alkanes) is 23. The van der Waals surface area contributed by atoms with Crippen LogP contribution in [0.15, 0.2) is 12.2 Å². The first-order valence-corrected chi connectivity index (χ1v) is 31.0. The summed E-state index contributed by atoms with van der Waals surface area (Å²) in [5.74, 6) is -1.33. The summed E-state index contributed by atoms with van der Waals surface area (Å²) in [4.78, 5) is 37.5. The molecule has 0 spiro atoms. The molecule has 12 N–H and O–H groups in total. The van der Waals surface area contributed by atoms with Gasteiger partial charge in [0.15, 0.2) is 18.7 Å². The third kappa shape index (κ3) is 26.3. The second kappa shape index (κ2) is 40.5. The van der Waals surface area contributed by atoms with Crippen LogP contribution < -0.4 is 0 Å². The van der Waals surface area contributed by atoms with Crippen LogP contribution >= 0.6 is 7.82 Å². The summed E-state index contributed by atoms with van der Waals surface area (Å²) in [6.45, 7) is 0.994. The number of esters is 2. The van der Waals surface area contributed by atoms with Crippen LogP contribution in [0.1, 0.15) is 194 Å². The van der Waals surface area contributed by atoms with Gasteiger partial charge >= 0.3 is 19.8 Å². The second-order valence-electron chi connectivity index (χ2n) is 21.5. The van der Waals surface area contributed by atoms with Gasteiger partial charge in [0.05, 0.1) is 19.8 Å². The molecule has 464 valence electrons. The zero-order valence-electron chi connectivity index (χ0n) is 46.9. The molecule has 0 radical (unpaired) electrons. The average Bonchev–Trinajstić information content (AvgIpc) is 3.55. The quantitative estimate of drug-likeness (QED) is 0.0178. The molecule has 16 unspecified atom stereocenters. The van der Waals surface area contributed by atoms with Gasteiger partial charge in [0, 0.05) is 12.8 Å². The maximum absolute atomic E-state index is 14.0. The topological polar surface area (TPSA) is 368 Å². The van der Waals surface area contributed by atoms with Crippen molar-refractivity contribution in [1.29, 1.82) is 0 Å². The van der Waals surface area contributed by atoms with Crippen LogP contribution in [0.2, 0.25) is 0 Å². The van der Waals surface area contributed by atoms with Gasteiger partial charge in [0.1, 0.15) is 92.1 Å². The van der Waals surface area contributed by atoms with Gasteiger partial charge in [-0.1, -0.05) is 154 Å². The number of allylic oxidation sites excluding steroid dienone is 2. The Balaban J connectivity index is 1.71. The van der Waals surface area contributed by atoms with E-state index in [2.05, 4.69) is 26.0 Å². The lowest BCUT2D eigenvalue weighted by Crippen LogP contribution is -2.69. The Hall–Kier alpha value is -1.81. The van der Waals surface area contributed by atoms with Crippen molar-refractivity contribution in [2.24, 2.45) is 0 Å². The van der Waals surface area contributed by atoms with E-state index in [1.165, 1.54) is 77.0 Å². The number of phosphoric ester groups is 1. The highest BCUT2D eigenvalue weighted by Crippen LogP contribution is 2.49. The summed E-state index contributed by atoms with van der Waals surface area (Å²) in [7, 11) is -5.63. The first kappa shape index (κ1) is 71.5. The Labute approximate surface area is 467 Å². The molecule has 3 rings (SSSR count). The van der Waals surface area contributed by atoms with E-state index < -0.39 is 150 Å². The summed E-state index contributed by atoms with van der Waals surface area (Å²) >= 11 is 0. The van der Waals surface area contributed by atoms with Crippen LogP contribution in [0, 0.1) is 0 Å². The van der Waals surface area contributed by atoms with Crippen molar-refractivity contribution in [3.8, 4) is 0 Å². The maximum atomic E-state index is 14.0. The van der Waals surface area contributed by atoms with E-state index in [1.54, 1.807) is 0 Å². The van der Waals surface area contributed by atoms with Crippen molar-refractivity contribution in [2.75, 3.05) is 26.4 Å². The fourth-order valence-corrected chi connectivity index (χ4v) is 10.8. The molecule has 1 saturated carbocycles. The van der Waals surface area contributed by atoms with Gasteiger partial charge in [0.2, 0.25) is 0 Å². The fourth-order valence-electron chi connectivity index (χ4n) is 9.88. The number of phosphoric acid groups is 1. The normalized spacial score (nSPS) is 31.5. The standard InChI is InChI=1S/C55H101O23P/c1-3-5-7-9-11-13-15-17-18-20-22-24-26-28-30-32-41(59)73-37(35-71-40(58)31-29-27-25-23-21-19-16-14-12-10-8-6-4-2)36-72-79(69,70)78-53-51(76-54-49(67)44(62)42(60)38(33-56)74-54)47(65)46(64)48(66)52(53)77-55-50(68)45(63)43(61)39(34-57)75-55/h13,15,37-39,42-57,60-68H,3-12,14,16-36H2,1-2H3,(H,69,70). The monoisotopic (exact) mass is 1160 g/mol. The van der Waals surface area contributed by atoms with E-state index >= 15 is 0 Å². The van der Waals surface area contributed by atoms with Gasteiger partial charge in [-0.25, -0.2) is 4.57 Å². The van der Waals surface area contributed by atoms with Crippen LogP contribution in [0.4, 0.5) is 0 Å². The lowest BCUT2D eigenvalue weighted by atomic mass is 9.84. The van der Waals surface area contributed by atoms with Crippen molar-refractivity contribution >= 4 is 19.8 Å². The van der Waals surface area contributed by atoms with Crippen molar-refractivity contribution in [1.82, 2.24) is 0 Å². The Morgan fingerprint density at radius 2 is 0.835 bits per heavy atom. The highest BCUT2D eigenvalue weighted by Gasteiger charge is 2.58. The Morgan fingerprint density at radius 1 is 0.468 bits per heavy atom. The zero-order chi connectivity index (χ0) is 58.2. The van der Waals surface area contributed by atoms with Crippen LogP contribution in [0.3, 0.4) is 0 Å². The van der Waals surface area contributed by atoms with Crippen molar-refractivity contribution < 1.29 is 113 Å². The van der Waals surface area contributed by atoms with E-state index in [1.807, 2.05) is 0 Å². The van der Waals surface area contributed by atoms with Crippen LogP contribution in [-0.4, -0.2) is 204 Å². The number of hydrogen-bond donors (Lipinski definition) is 12. The number of carbonyl (C=O) groups is 2. The van der Waals surface area contributed by atoms with Gasteiger partial charge in [-0.3, -0.25) is 18.6 Å². The van der Waals surface area contributed by atoms with Gasteiger partial charge in [-0.2, -0.15) is 0 Å². The average molecular weight is 1160 g/mol. The minimum Gasteiger partial charge on any atom is -0.462 e. The molecule has 0 aromatic rings. The number of carbonyl (C=O) groups excluding carboxylic acids is 2. The summed E-state index contributed by atoms with van der Waals surface area (Å²) < 4.78 is 58.1. The van der Waals surface area contributed by atoms with E-state index in [0.29, 0.717) is 12.8 Å². The number of ether oxygens (including phenoxy) is 6. The molecular weight excluding hydrogens is 1060 g/mol. The molecule has 79 heavy (non-hydrogen) atoms.